The van der Waals surface area contributed by atoms with E-state index in [1.807, 2.05) is 0 Å². The second kappa shape index (κ2) is 11.6. The lowest BCUT2D eigenvalue weighted by Crippen LogP contribution is -2.57. The van der Waals surface area contributed by atoms with Crippen LogP contribution >= 0.6 is 11.8 Å². The van der Waals surface area contributed by atoms with E-state index in [2.05, 4.69) is 21.3 Å². The monoisotopic (exact) mass is 526 g/mol. The van der Waals surface area contributed by atoms with Crippen LogP contribution < -0.4 is 21.3 Å². The number of amides is 3. The average Bonchev–Trinajstić information content (AvgIpc) is 3.17. The molecule has 3 unspecified atom stereocenters. The van der Waals surface area contributed by atoms with Crippen molar-refractivity contribution in [3.63, 3.8) is 0 Å². The maximum atomic E-state index is 13.0. The van der Waals surface area contributed by atoms with Gasteiger partial charge in [-0.1, -0.05) is 37.5 Å². The van der Waals surface area contributed by atoms with Crippen LogP contribution in [0.15, 0.2) is 35.2 Å². The molecule has 1 aromatic rings. The van der Waals surface area contributed by atoms with E-state index in [4.69, 9.17) is 0 Å². The Bertz CT molecular complexity index is 1010. The number of benzene rings is 1. The third kappa shape index (κ3) is 7.11. The molecule has 1 saturated carbocycles. The molecule has 12 heteroatoms. The van der Waals surface area contributed by atoms with E-state index in [9.17, 15) is 27.9 Å². The molecule has 1 heterocycles. The number of carboxylic acids is 1. The first-order valence-electron chi connectivity index (χ1n) is 11.8. The molecule has 5 N–H and O–H groups in total. The van der Waals surface area contributed by atoms with Gasteiger partial charge in [0.1, 0.15) is 12.1 Å². The minimum Gasteiger partial charge on any atom is -0.480 e. The Morgan fingerprint density at radius 3 is 2.40 bits per heavy atom. The summed E-state index contributed by atoms with van der Waals surface area (Å²) in [5.74, 6) is -1.52. The number of carbonyl (C=O) groups is 3. The molecule has 35 heavy (non-hydrogen) atoms. The fourth-order valence-corrected chi connectivity index (χ4v) is 8.08. The van der Waals surface area contributed by atoms with Gasteiger partial charge in [-0.25, -0.2) is 18.0 Å². The van der Waals surface area contributed by atoms with Crippen molar-refractivity contribution < 1.29 is 27.9 Å². The number of carbonyl (C=O) groups excluding carboxylic acids is 2. The van der Waals surface area contributed by atoms with Crippen LogP contribution in [0.4, 0.5) is 4.79 Å². The highest BCUT2D eigenvalue weighted by atomic mass is 32.3. The Kier molecular flexibility index (Phi) is 9.05. The molecule has 1 saturated heterocycles. The minimum absolute atomic E-state index is 0.133. The van der Waals surface area contributed by atoms with Gasteiger partial charge in [0, 0.05) is 11.3 Å². The summed E-state index contributed by atoms with van der Waals surface area (Å²) in [7, 11) is -3.77. The molecule has 10 nitrogen and oxygen atoms in total. The Morgan fingerprint density at radius 2 is 1.77 bits per heavy atom. The van der Waals surface area contributed by atoms with Crippen LogP contribution in [0.5, 0.6) is 0 Å². The van der Waals surface area contributed by atoms with Crippen molar-refractivity contribution in [2.45, 2.75) is 72.4 Å². The highest BCUT2D eigenvalue weighted by Crippen LogP contribution is 2.41. The lowest BCUT2D eigenvalue weighted by atomic mass is 9.89. The highest BCUT2D eigenvalue weighted by molar-refractivity contribution is 8.14. The number of aliphatic carboxylic acids is 1. The zero-order chi connectivity index (χ0) is 25.6. The summed E-state index contributed by atoms with van der Waals surface area (Å²) in [5, 5.41) is 20.1. The van der Waals surface area contributed by atoms with Gasteiger partial charge in [-0.2, -0.15) is 0 Å². The van der Waals surface area contributed by atoms with Crippen LogP contribution in [0, 0.1) is 5.92 Å². The SMILES string of the molecule is CC1(C)SC(S(=O)(=O)c2ccccc2)NC1C(=O)NC(CNC(=O)NCC1CCCCC1)C(=O)O. The number of carboxylic acid groups (broad SMARTS) is 1. The van der Waals surface area contributed by atoms with Gasteiger partial charge in [0.25, 0.3) is 0 Å². The Hall–Kier alpha value is -2.31. The van der Waals surface area contributed by atoms with Crippen molar-refractivity contribution in [2.24, 2.45) is 5.92 Å². The van der Waals surface area contributed by atoms with Gasteiger partial charge in [0.2, 0.25) is 15.7 Å². The lowest BCUT2D eigenvalue weighted by molar-refractivity contribution is -0.142. The molecule has 2 fully saturated rings. The van der Waals surface area contributed by atoms with E-state index in [1.165, 1.54) is 18.6 Å². The molecular formula is C23H34N4O6S2. The van der Waals surface area contributed by atoms with Gasteiger partial charge in [0.15, 0.2) is 4.71 Å². The summed E-state index contributed by atoms with van der Waals surface area (Å²) in [6.45, 7) is 3.68. The zero-order valence-corrected chi connectivity index (χ0v) is 21.6. The highest BCUT2D eigenvalue weighted by Gasteiger charge is 2.50. The van der Waals surface area contributed by atoms with E-state index in [1.54, 1.807) is 32.0 Å². The minimum atomic E-state index is -3.77. The van der Waals surface area contributed by atoms with Crippen molar-refractivity contribution in [2.75, 3.05) is 13.1 Å². The van der Waals surface area contributed by atoms with E-state index in [0.29, 0.717) is 12.5 Å². The van der Waals surface area contributed by atoms with Crippen molar-refractivity contribution in [1.82, 2.24) is 21.3 Å². The fourth-order valence-electron chi connectivity index (χ4n) is 4.33. The first-order valence-corrected chi connectivity index (χ1v) is 14.2. The molecular weight excluding hydrogens is 492 g/mol. The van der Waals surface area contributed by atoms with E-state index >= 15 is 0 Å². The zero-order valence-electron chi connectivity index (χ0n) is 20.0. The van der Waals surface area contributed by atoms with Gasteiger partial charge in [0.05, 0.1) is 11.4 Å². The van der Waals surface area contributed by atoms with Crippen LogP contribution in [0.3, 0.4) is 0 Å². The van der Waals surface area contributed by atoms with Gasteiger partial charge in [-0.15, -0.1) is 11.8 Å². The second-order valence-electron chi connectivity index (χ2n) is 9.51. The molecule has 0 radical (unpaired) electrons. The molecule has 0 spiro atoms. The van der Waals surface area contributed by atoms with Gasteiger partial charge in [-0.05, 0) is 44.7 Å². The van der Waals surface area contributed by atoms with Crippen molar-refractivity contribution in [1.29, 1.82) is 0 Å². The fraction of sp³-hybridized carbons (Fsp3) is 0.609. The van der Waals surface area contributed by atoms with Gasteiger partial charge >= 0.3 is 12.0 Å². The van der Waals surface area contributed by atoms with Crippen molar-refractivity contribution in [3.05, 3.63) is 30.3 Å². The molecule has 1 aliphatic carbocycles. The molecule has 2 aliphatic rings. The third-order valence-corrected chi connectivity index (χ3v) is 10.3. The number of rotatable bonds is 9. The van der Waals surface area contributed by atoms with E-state index < -0.39 is 49.3 Å². The first-order chi connectivity index (χ1) is 16.5. The topological polar surface area (TPSA) is 154 Å². The maximum Gasteiger partial charge on any atom is 0.328 e. The Morgan fingerprint density at radius 1 is 1.11 bits per heavy atom. The predicted molar refractivity (Wildman–Crippen MR) is 134 cm³/mol. The number of urea groups is 1. The number of hydrogen-bond acceptors (Lipinski definition) is 7. The number of thioether (sulfide) groups is 1. The van der Waals surface area contributed by atoms with Crippen LogP contribution in [-0.4, -0.2) is 66.1 Å². The summed E-state index contributed by atoms with van der Waals surface area (Å²) >= 11 is 1.09. The van der Waals surface area contributed by atoms with Crippen molar-refractivity contribution >= 4 is 39.5 Å². The Balaban J connectivity index is 1.56. The average molecular weight is 527 g/mol. The molecule has 1 aromatic carbocycles. The third-order valence-electron chi connectivity index (χ3n) is 6.38. The largest absolute Gasteiger partial charge is 0.480 e. The summed E-state index contributed by atoms with van der Waals surface area (Å²) in [4.78, 5) is 37.0. The molecule has 3 atom stereocenters. The molecule has 0 aromatic heterocycles. The lowest BCUT2D eigenvalue weighted by Gasteiger charge is -2.26. The quantitative estimate of drug-likeness (QED) is 0.326. The number of nitrogens with one attached hydrogen (secondary N) is 4. The van der Waals surface area contributed by atoms with E-state index in [0.717, 1.165) is 37.4 Å². The standard InChI is InChI=1S/C23H34N4O6S2/c1-23(2)18(27-22(34-23)35(32,33)16-11-7-4-8-12-16)19(28)26-17(20(29)30)14-25-21(31)24-13-15-9-5-3-6-10-15/h4,7-8,11-12,15,17-18,22,27H,3,5-6,9-10,13-14H2,1-2H3,(H,26,28)(H,29,30)(H2,24,25,31). The smallest absolute Gasteiger partial charge is 0.328 e. The first kappa shape index (κ1) is 27.3. The number of sulfone groups is 1. The number of hydrogen-bond donors (Lipinski definition) is 5. The summed E-state index contributed by atoms with van der Waals surface area (Å²) < 4.78 is 24.1. The normalized spacial score (nSPS) is 23.3. The summed E-state index contributed by atoms with van der Waals surface area (Å²) in [6, 6.07) is 5.13. The van der Waals surface area contributed by atoms with Gasteiger partial charge in [-0.3, -0.25) is 10.1 Å². The van der Waals surface area contributed by atoms with Crippen LogP contribution in [-0.2, 0) is 19.4 Å². The van der Waals surface area contributed by atoms with Gasteiger partial charge < -0.3 is 21.1 Å². The molecule has 3 rings (SSSR count). The second-order valence-corrected chi connectivity index (χ2v) is 13.6. The predicted octanol–water partition coefficient (Wildman–Crippen LogP) is 1.68. The molecule has 3 amide bonds. The van der Waals surface area contributed by atoms with Crippen molar-refractivity contribution in [3.8, 4) is 0 Å². The summed E-state index contributed by atoms with van der Waals surface area (Å²) in [6.07, 6.45) is 5.65. The molecule has 0 bridgehead atoms. The van der Waals surface area contributed by atoms with Crippen LogP contribution in [0.2, 0.25) is 0 Å². The molecule has 194 valence electrons. The van der Waals surface area contributed by atoms with E-state index in [-0.39, 0.29) is 11.4 Å². The maximum absolute atomic E-state index is 13.0. The summed E-state index contributed by atoms with van der Waals surface area (Å²) in [5.41, 5.74) is 0. The van der Waals surface area contributed by atoms with Crippen LogP contribution in [0.25, 0.3) is 0 Å². The van der Waals surface area contributed by atoms with Crippen LogP contribution in [0.1, 0.15) is 46.0 Å². The molecule has 1 aliphatic heterocycles. The Labute approximate surface area is 210 Å².